The molecular formula is C14H11ClF3NO2S. The molecule has 0 fully saturated rings. The standard InChI is InChI=1S/C14H11ClF3NO2S/c1-9-2-5-11(8-13(9)15)19-22(20,21)12-6-3-10(4-7-12)14(16,17)18/h2-8,19H,1H3. The Balaban J connectivity index is 2.28. The van der Waals surface area contributed by atoms with Gasteiger partial charge in [-0.15, -0.1) is 0 Å². The van der Waals surface area contributed by atoms with Gasteiger partial charge in [-0.3, -0.25) is 4.72 Å². The summed E-state index contributed by atoms with van der Waals surface area (Å²) >= 11 is 5.90. The van der Waals surface area contributed by atoms with Crippen molar-refractivity contribution in [3.05, 3.63) is 58.6 Å². The van der Waals surface area contributed by atoms with Crippen molar-refractivity contribution in [2.45, 2.75) is 18.0 Å². The molecule has 0 saturated carbocycles. The minimum atomic E-state index is -4.51. The highest BCUT2D eigenvalue weighted by molar-refractivity contribution is 7.92. The zero-order valence-corrected chi connectivity index (χ0v) is 12.9. The first-order valence-electron chi connectivity index (χ1n) is 6.06. The van der Waals surface area contributed by atoms with Crippen LogP contribution in [-0.4, -0.2) is 8.42 Å². The van der Waals surface area contributed by atoms with Gasteiger partial charge in [0, 0.05) is 5.02 Å². The molecule has 2 rings (SSSR count). The van der Waals surface area contributed by atoms with Crippen molar-refractivity contribution in [2.24, 2.45) is 0 Å². The third kappa shape index (κ3) is 3.72. The smallest absolute Gasteiger partial charge is 0.280 e. The maximum absolute atomic E-state index is 12.5. The number of benzene rings is 2. The van der Waals surface area contributed by atoms with E-state index < -0.39 is 21.8 Å². The number of hydrogen-bond acceptors (Lipinski definition) is 2. The summed E-state index contributed by atoms with van der Waals surface area (Å²) in [5.74, 6) is 0. The second kappa shape index (κ2) is 5.81. The van der Waals surface area contributed by atoms with E-state index in [2.05, 4.69) is 4.72 Å². The lowest BCUT2D eigenvalue weighted by Gasteiger charge is -2.11. The van der Waals surface area contributed by atoms with Crippen LogP contribution in [0.15, 0.2) is 47.4 Å². The molecule has 0 saturated heterocycles. The van der Waals surface area contributed by atoms with E-state index in [-0.39, 0.29) is 10.6 Å². The molecular weight excluding hydrogens is 339 g/mol. The topological polar surface area (TPSA) is 46.2 Å². The molecule has 3 nitrogen and oxygen atoms in total. The molecule has 118 valence electrons. The van der Waals surface area contributed by atoms with Gasteiger partial charge in [-0.2, -0.15) is 13.2 Å². The molecule has 8 heteroatoms. The minimum absolute atomic E-state index is 0.232. The van der Waals surface area contributed by atoms with Crippen molar-refractivity contribution in [1.82, 2.24) is 0 Å². The van der Waals surface area contributed by atoms with E-state index in [0.29, 0.717) is 5.02 Å². The average molecular weight is 350 g/mol. The van der Waals surface area contributed by atoms with Crippen molar-refractivity contribution < 1.29 is 21.6 Å². The van der Waals surface area contributed by atoms with Crippen LogP contribution < -0.4 is 4.72 Å². The number of nitrogens with one attached hydrogen (secondary N) is 1. The van der Waals surface area contributed by atoms with E-state index in [1.54, 1.807) is 13.0 Å². The molecule has 0 spiro atoms. The summed E-state index contributed by atoms with van der Waals surface area (Å²) in [5.41, 5.74) is 0.0967. The first kappa shape index (κ1) is 16.6. The molecule has 22 heavy (non-hydrogen) atoms. The summed E-state index contributed by atoms with van der Waals surface area (Å²) in [6, 6.07) is 7.82. The average Bonchev–Trinajstić information content (AvgIpc) is 2.42. The number of sulfonamides is 1. The van der Waals surface area contributed by atoms with Crippen molar-refractivity contribution in [1.29, 1.82) is 0 Å². The lowest BCUT2D eigenvalue weighted by molar-refractivity contribution is -0.137. The second-order valence-corrected chi connectivity index (χ2v) is 6.68. The Morgan fingerprint density at radius 3 is 2.14 bits per heavy atom. The van der Waals surface area contributed by atoms with Crippen LogP contribution in [0.1, 0.15) is 11.1 Å². The van der Waals surface area contributed by atoms with Crippen LogP contribution in [0.2, 0.25) is 5.02 Å². The molecule has 0 atom stereocenters. The molecule has 0 unspecified atom stereocenters. The number of alkyl halides is 3. The molecule has 0 radical (unpaired) electrons. The van der Waals surface area contributed by atoms with Gasteiger partial charge < -0.3 is 0 Å². The number of aryl methyl sites for hydroxylation is 1. The Morgan fingerprint density at radius 2 is 1.64 bits per heavy atom. The van der Waals surface area contributed by atoms with Crippen LogP contribution in [0.3, 0.4) is 0 Å². The van der Waals surface area contributed by atoms with Crippen LogP contribution >= 0.6 is 11.6 Å². The highest BCUT2D eigenvalue weighted by atomic mass is 35.5. The summed E-state index contributed by atoms with van der Waals surface area (Å²) in [4.78, 5) is -0.266. The Morgan fingerprint density at radius 1 is 1.05 bits per heavy atom. The fourth-order valence-corrected chi connectivity index (χ4v) is 2.92. The zero-order valence-electron chi connectivity index (χ0n) is 11.3. The molecule has 0 aliphatic carbocycles. The monoisotopic (exact) mass is 349 g/mol. The van der Waals surface area contributed by atoms with E-state index in [0.717, 1.165) is 29.8 Å². The second-order valence-electron chi connectivity index (χ2n) is 4.59. The molecule has 0 bridgehead atoms. The van der Waals surface area contributed by atoms with Crippen LogP contribution in [0, 0.1) is 6.92 Å². The SMILES string of the molecule is Cc1ccc(NS(=O)(=O)c2ccc(C(F)(F)F)cc2)cc1Cl. The van der Waals surface area contributed by atoms with E-state index in [1.807, 2.05) is 0 Å². The van der Waals surface area contributed by atoms with Gasteiger partial charge in [0.1, 0.15) is 0 Å². The maximum atomic E-state index is 12.5. The first-order valence-corrected chi connectivity index (χ1v) is 7.92. The lowest BCUT2D eigenvalue weighted by atomic mass is 10.2. The third-order valence-corrected chi connectivity index (χ3v) is 4.72. The molecule has 1 N–H and O–H groups in total. The predicted molar refractivity (Wildman–Crippen MR) is 78.4 cm³/mol. The fraction of sp³-hybridized carbons (Fsp3) is 0.143. The number of rotatable bonds is 3. The quantitative estimate of drug-likeness (QED) is 0.888. The van der Waals surface area contributed by atoms with Crippen molar-refractivity contribution in [3.8, 4) is 0 Å². The largest absolute Gasteiger partial charge is 0.416 e. The van der Waals surface area contributed by atoms with E-state index in [9.17, 15) is 21.6 Å². The predicted octanol–water partition coefficient (Wildman–Crippen LogP) is 4.47. The molecule has 0 aliphatic rings. The molecule has 0 aromatic heterocycles. The Hall–Kier alpha value is -1.73. The number of halogens is 4. The van der Waals surface area contributed by atoms with Gasteiger partial charge >= 0.3 is 6.18 Å². The van der Waals surface area contributed by atoms with Crippen LogP contribution in [0.4, 0.5) is 18.9 Å². The van der Waals surface area contributed by atoms with Gasteiger partial charge in [-0.05, 0) is 48.9 Å². The number of hydrogen-bond donors (Lipinski definition) is 1. The van der Waals surface area contributed by atoms with Gasteiger partial charge in [-0.1, -0.05) is 17.7 Å². The summed E-state index contributed by atoms with van der Waals surface area (Å²) in [6.07, 6.45) is -4.51. The van der Waals surface area contributed by atoms with Gasteiger partial charge in [0.15, 0.2) is 0 Å². The molecule has 0 aliphatic heterocycles. The van der Waals surface area contributed by atoms with Gasteiger partial charge in [0.05, 0.1) is 16.1 Å². The molecule has 2 aromatic carbocycles. The summed E-state index contributed by atoms with van der Waals surface area (Å²) < 4.78 is 63.9. The molecule has 2 aromatic rings. The van der Waals surface area contributed by atoms with Crippen LogP contribution in [-0.2, 0) is 16.2 Å². The van der Waals surface area contributed by atoms with E-state index >= 15 is 0 Å². The molecule has 0 amide bonds. The zero-order chi connectivity index (χ0) is 16.5. The Bertz CT molecular complexity index is 787. The maximum Gasteiger partial charge on any atom is 0.416 e. The highest BCUT2D eigenvalue weighted by Gasteiger charge is 2.30. The van der Waals surface area contributed by atoms with Gasteiger partial charge in [0.2, 0.25) is 0 Å². The lowest BCUT2D eigenvalue weighted by Crippen LogP contribution is -2.13. The highest BCUT2D eigenvalue weighted by Crippen LogP contribution is 2.30. The normalized spacial score (nSPS) is 12.2. The van der Waals surface area contributed by atoms with Crippen molar-refractivity contribution in [3.63, 3.8) is 0 Å². The van der Waals surface area contributed by atoms with E-state index in [1.165, 1.54) is 12.1 Å². The van der Waals surface area contributed by atoms with Gasteiger partial charge in [-0.25, -0.2) is 8.42 Å². The van der Waals surface area contributed by atoms with E-state index in [4.69, 9.17) is 11.6 Å². The fourth-order valence-electron chi connectivity index (χ4n) is 1.69. The summed E-state index contributed by atoms with van der Waals surface area (Å²) in [5, 5.41) is 0.382. The van der Waals surface area contributed by atoms with Crippen LogP contribution in [0.5, 0.6) is 0 Å². The van der Waals surface area contributed by atoms with Gasteiger partial charge in [0.25, 0.3) is 10.0 Å². The minimum Gasteiger partial charge on any atom is -0.280 e. The van der Waals surface area contributed by atoms with Crippen molar-refractivity contribution >= 4 is 27.3 Å². The Kier molecular flexibility index (Phi) is 4.39. The van der Waals surface area contributed by atoms with Crippen molar-refractivity contribution in [2.75, 3.05) is 4.72 Å². The number of anilines is 1. The van der Waals surface area contributed by atoms with Crippen LogP contribution in [0.25, 0.3) is 0 Å². The molecule has 0 heterocycles. The third-order valence-electron chi connectivity index (χ3n) is 2.92. The summed E-state index contributed by atoms with van der Waals surface area (Å²) in [7, 11) is -3.98. The summed E-state index contributed by atoms with van der Waals surface area (Å²) in [6.45, 7) is 1.76. The Labute approximate surface area is 130 Å². The first-order chi connectivity index (χ1) is 10.1.